The molecule has 0 aliphatic carbocycles. The van der Waals surface area contributed by atoms with E-state index in [1.165, 1.54) is 4.57 Å². The normalized spacial score (nSPS) is 11.9. The molecular formula is C22H29N3O4S3. The van der Waals surface area contributed by atoms with E-state index in [1.54, 1.807) is 47.4 Å². The number of hydrogen-bond donors (Lipinski definition) is 2. The highest BCUT2D eigenvalue weighted by atomic mass is 32.2. The maximum absolute atomic E-state index is 12.9. The van der Waals surface area contributed by atoms with Crippen LogP contribution in [0.2, 0.25) is 0 Å². The van der Waals surface area contributed by atoms with Gasteiger partial charge in [0.25, 0.3) is 10.0 Å². The first-order chi connectivity index (χ1) is 15.2. The second-order valence-electron chi connectivity index (χ2n) is 7.72. The smallest absolute Gasteiger partial charge is 0.354 e. The fraction of sp³-hybridized carbons (Fsp3) is 0.455. The number of aromatic nitrogens is 2. The second-order valence-corrected chi connectivity index (χ2v) is 12.0. The number of aliphatic hydroxyl groups is 1. The molecule has 0 atom stereocenters. The maximum Gasteiger partial charge on any atom is 0.354 e. The lowest BCUT2D eigenvalue weighted by molar-refractivity contribution is 0.282. The zero-order chi connectivity index (χ0) is 23.3. The van der Waals surface area contributed by atoms with Crippen LogP contribution in [0.3, 0.4) is 0 Å². The Balaban J connectivity index is 1.87. The van der Waals surface area contributed by atoms with Crippen LogP contribution >= 0.6 is 23.1 Å². The molecule has 0 fully saturated rings. The molecule has 10 heteroatoms. The van der Waals surface area contributed by atoms with E-state index in [2.05, 4.69) is 9.71 Å². The predicted octanol–water partition coefficient (Wildman–Crippen LogP) is 4.49. The minimum atomic E-state index is -3.88. The van der Waals surface area contributed by atoms with Crippen molar-refractivity contribution in [1.29, 1.82) is 0 Å². The van der Waals surface area contributed by atoms with Crippen LogP contribution < -0.4 is 10.4 Å². The predicted molar refractivity (Wildman–Crippen MR) is 131 cm³/mol. The Hall–Kier alpha value is -1.88. The Morgan fingerprint density at radius 1 is 1.06 bits per heavy atom. The second kappa shape index (κ2) is 10.8. The molecule has 174 valence electrons. The van der Waals surface area contributed by atoms with Gasteiger partial charge < -0.3 is 5.11 Å². The Morgan fingerprint density at radius 2 is 1.72 bits per heavy atom. The molecule has 2 aliphatic heterocycles. The van der Waals surface area contributed by atoms with Crippen molar-refractivity contribution in [3.63, 3.8) is 0 Å². The molecule has 32 heavy (non-hydrogen) atoms. The van der Waals surface area contributed by atoms with Crippen LogP contribution in [0.5, 0.6) is 0 Å². The van der Waals surface area contributed by atoms with Crippen molar-refractivity contribution >= 4 is 38.9 Å². The van der Waals surface area contributed by atoms with E-state index < -0.39 is 15.7 Å². The summed E-state index contributed by atoms with van der Waals surface area (Å²) < 4.78 is 30.8. The molecule has 2 N–H and O–H groups in total. The van der Waals surface area contributed by atoms with E-state index in [1.807, 2.05) is 20.8 Å². The van der Waals surface area contributed by atoms with E-state index in [0.29, 0.717) is 5.69 Å². The summed E-state index contributed by atoms with van der Waals surface area (Å²) in [5, 5.41) is 8.87. The van der Waals surface area contributed by atoms with Crippen LogP contribution in [-0.2, 0) is 10.0 Å². The Labute approximate surface area is 197 Å². The fourth-order valence-electron chi connectivity index (χ4n) is 3.30. The van der Waals surface area contributed by atoms with Crippen molar-refractivity contribution in [2.75, 3.05) is 17.1 Å². The molecular weight excluding hydrogens is 466 g/mol. The number of rotatable bonds is 11. The van der Waals surface area contributed by atoms with Crippen molar-refractivity contribution in [1.82, 2.24) is 9.55 Å². The molecule has 0 saturated heterocycles. The number of imidazole rings is 1. The van der Waals surface area contributed by atoms with Gasteiger partial charge in [0.1, 0.15) is 5.69 Å². The SMILES string of the molecule is Cc1ccc(S(=O)(=O)Nc2nc(=O)n3c(C)c(C)sc(SCCCCCCCO)c2-3)cc1. The number of aryl methyl sites for hydroxylation is 2. The van der Waals surface area contributed by atoms with E-state index in [-0.39, 0.29) is 17.3 Å². The highest BCUT2D eigenvalue weighted by molar-refractivity contribution is 8.01. The minimum absolute atomic E-state index is 0.0698. The fourth-order valence-corrected chi connectivity index (χ4v) is 6.83. The molecule has 0 unspecified atom stereocenters. The number of hydrogen-bond acceptors (Lipinski definition) is 7. The minimum Gasteiger partial charge on any atom is -0.396 e. The van der Waals surface area contributed by atoms with Gasteiger partial charge >= 0.3 is 5.69 Å². The average Bonchev–Trinajstić information content (AvgIpc) is 3.06. The number of nitrogens with one attached hydrogen (secondary N) is 1. The Kier molecular flexibility index (Phi) is 8.37. The number of unbranched alkanes of at least 4 members (excludes halogenated alkanes) is 4. The Morgan fingerprint density at radius 3 is 2.41 bits per heavy atom. The molecule has 7 nitrogen and oxygen atoms in total. The van der Waals surface area contributed by atoms with Crippen molar-refractivity contribution in [3.05, 3.63) is 50.9 Å². The number of thioether (sulfide) groups is 1. The number of aliphatic hydroxyl groups excluding tert-OH is 1. The van der Waals surface area contributed by atoms with Crippen LogP contribution in [0.4, 0.5) is 5.82 Å². The Bertz CT molecular complexity index is 1180. The van der Waals surface area contributed by atoms with Gasteiger partial charge in [-0.05, 0) is 51.5 Å². The average molecular weight is 496 g/mol. The van der Waals surface area contributed by atoms with E-state index >= 15 is 0 Å². The van der Waals surface area contributed by atoms with Gasteiger partial charge in [-0.1, -0.05) is 37.0 Å². The zero-order valence-electron chi connectivity index (χ0n) is 18.6. The molecule has 1 aromatic carbocycles. The van der Waals surface area contributed by atoms with E-state index in [9.17, 15) is 13.2 Å². The molecule has 2 aliphatic rings. The van der Waals surface area contributed by atoms with Gasteiger partial charge in [-0.25, -0.2) is 13.2 Å². The molecule has 0 amide bonds. The third-order valence-electron chi connectivity index (χ3n) is 5.23. The first kappa shape index (κ1) is 24.8. The number of sulfonamides is 1. The van der Waals surface area contributed by atoms with Crippen molar-refractivity contribution in [2.24, 2.45) is 0 Å². The van der Waals surface area contributed by atoms with Gasteiger partial charge in [0.15, 0.2) is 5.82 Å². The third-order valence-corrected chi connectivity index (χ3v) is 9.12. The molecule has 2 heterocycles. The lowest BCUT2D eigenvalue weighted by atomic mass is 10.2. The van der Waals surface area contributed by atoms with Gasteiger partial charge in [0.2, 0.25) is 0 Å². The summed E-state index contributed by atoms with van der Waals surface area (Å²) in [5.41, 5.74) is 1.75. The summed E-state index contributed by atoms with van der Waals surface area (Å²) in [5.74, 6) is 0.928. The number of fused-ring (bicyclic) bond motifs is 1. The summed E-state index contributed by atoms with van der Waals surface area (Å²) in [7, 11) is -3.88. The summed E-state index contributed by atoms with van der Waals surface area (Å²) in [6, 6.07) is 6.55. The molecule has 0 bridgehead atoms. The summed E-state index contributed by atoms with van der Waals surface area (Å²) in [4.78, 5) is 17.8. The number of nitrogens with zero attached hydrogens (tertiary/aromatic N) is 2. The van der Waals surface area contributed by atoms with Crippen LogP contribution in [0.1, 0.15) is 48.2 Å². The van der Waals surface area contributed by atoms with Crippen LogP contribution in [0.25, 0.3) is 5.69 Å². The van der Waals surface area contributed by atoms with Crippen molar-refractivity contribution in [2.45, 2.75) is 62.0 Å². The van der Waals surface area contributed by atoms with Crippen molar-refractivity contribution in [3.8, 4) is 5.69 Å². The van der Waals surface area contributed by atoms with E-state index in [4.69, 9.17) is 5.11 Å². The highest BCUT2D eigenvalue weighted by Gasteiger charge is 2.26. The van der Waals surface area contributed by atoms with Crippen LogP contribution in [0.15, 0.2) is 38.2 Å². The standard InChI is InChI=1S/C22H29N3O4S3/c1-15-9-11-18(12-10-15)32(28,29)24-20-19-21(30-14-8-6-4-5-7-13-26)31-17(3)16(2)25(19)22(27)23-20/h9-12,26H,4-8,13-14H2,1-3H3,(H,23,24,27). The number of anilines is 1. The van der Waals surface area contributed by atoms with Crippen LogP contribution in [-0.4, -0.2) is 35.4 Å². The van der Waals surface area contributed by atoms with E-state index in [0.717, 1.165) is 58.2 Å². The lowest BCUT2D eigenvalue weighted by Gasteiger charge is -2.16. The highest BCUT2D eigenvalue weighted by Crippen LogP contribution is 2.38. The quantitative estimate of drug-likeness (QED) is 0.300. The summed E-state index contributed by atoms with van der Waals surface area (Å²) >= 11 is 3.17. The zero-order valence-corrected chi connectivity index (χ0v) is 21.0. The largest absolute Gasteiger partial charge is 0.396 e. The van der Waals surface area contributed by atoms with Gasteiger partial charge in [-0.15, -0.1) is 23.1 Å². The van der Waals surface area contributed by atoms with Gasteiger partial charge in [0, 0.05) is 17.2 Å². The third kappa shape index (κ3) is 5.72. The van der Waals surface area contributed by atoms with Crippen molar-refractivity contribution < 1.29 is 13.5 Å². The topological polar surface area (TPSA) is 101 Å². The molecule has 0 saturated carbocycles. The first-order valence-corrected chi connectivity index (χ1v) is 13.9. The summed E-state index contributed by atoms with van der Waals surface area (Å²) in [6.07, 6.45) is 5.00. The lowest BCUT2D eigenvalue weighted by Crippen LogP contribution is -2.17. The molecule has 0 spiro atoms. The van der Waals surface area contributed by atoms with Gasteiger partial charge in [-0.3, -0.25) is 9.29 Å². The first-order valence-electron chi connectivity index (χ1n) is 10.6. The molecule has 3 rings (SSSR count). The maximum atomic E-state index is 12.9. The molecule has 1 aromatic rings. The van der Waals surface area contributed by atoms with Gasteiger partial charge in [0.05, 0.1) is 9.10 Å². The molecule has 0 radical (unpaired) electrons. The monoisotopic (exact) mass is 495 g/mol. The number of benzene rings is 1. The summed E-state index contributed by atoms with van der Waals surface area (Å²) in [6.45, 7) is 5.92. The van der Waals surface area contributed by atoms with Crippen LogP contribution in [0, 0.1) is 20.8 Å². The van der Waals surface area contributed by atoms with Gasteiger partial charge in [-0.2, -0.15) is 4.98 Å². The molecule has 0 aromatic heterocycles.